The van der Waals surface area contributed by atoms with Crippen molar-refractivity contribution in [1.82, 2.24) is 10.3 Å². The highest BCUT2D eigenvalue weighted by Gasteiger charge is 2.19. The number of nitrogens with one attached hydrogen (secondary N) is 1. The van der Waals surface area contributed by atoms with Gasteiger partial charge in [-0.3, -0.25) is 9.59 Å². The highest BCUT2D eigenvalue weighted by molar-refractivity contribution is 5.76. The second-order valence-corrected chi connectivity index (χ2v) is 6.38. The lowest BCUT2D eigenvalue weighted by molar-refractivity contribution is -0.146. The molecule has 1 aromatic heterocycles. The Labute approximate surface area is 168 Å². The number of benzene rings is 2. The minimum absolute atomic E-state index is 0.0157. The monoisotopic (exact) mass is 394 g/mol. The Morgan fingerprint density at radius 3 is 2.48 bits per heavy atom. The molecule has 0 aliphatic carbocycles. The largest absolute Gasteiger partial charge is 0.497 e. The maximum Gasteiger partial charge on any atom is 0.308 e. The van der Waals surface area contributed by atoms with Crippen molar-refractivity contribution in [3.63, 3.8) is 0 Å². The van der Waals surface area contributed by atoms with Crippen LogP contribution < -0.4 is 10.1 Å². The lowest BCUT2D eigenvalue weighted by Crippen LogP contribution is -2.28. The molecule has 7 nitrogen and oxygen atoms in total. The highest BCUT2D eigenvalue weighted by Crippen LogP contribution is 2.22. The first-order valence-corrected chi connectivity index (χ1v) is 9.12. The van der Waals surface area contributed by atoms with Crippen LogP contribution in [0.5, 0.6) is 5.75 Å². The Kier molecular flexibility index (Phi) is 6.63. The van der Waals surface area contributed by atoms with Crippen LogP contribution in [0.2, 0.25) is 0 Å². The Hall–Kier alpha value is -3.61. The van der Waals surface area contributed by atoms with Gasteiger partial charge in [-0.2, -0.15) is 0 Å². The highest BCUT2D eigenvalue weighted by atomic mass is 16.5. The lowest BCUT2D eigenvalue weighted by atomic mass is 10.0. The Morgan fingerprint density at radius 1 is 1.10 bits per heavy atom. The zero-order chi connectivity index (χ0) is 20.6. The Balaban J connectivity index is 1.60. The van der Waals surface area contributed by atoms with E-state index in [1.807, 2.05) is 30.3 Å². The van der Waals surface area contributed by atoms with Gasteiger partial charge in [0.25, 0.3) is 0 Å². The van der Waals surface area contributed by atoms with E-state index >= 15 is 0 Å². The molecule has 0 radical (unpaired) electrons. The second-order valence-electron chi connectivity index (χ2n) is 6.38. The SMILES string of the molecule is COc1ccc(C(CC(=O)OCc2ncc(-c3ccccc3)o2)NC(C)=O)cc1. The lowest BCUT2D eigenvalue weighted by Gasteiger charge is -2.17. The summed E-state index contributed by atoms with van der Waals surface area (Å²) >= 11 is 0. The van der Waals surface area contributed by atoms with Gasteiger partial charge in [0.15, 0.2) is 12.4 Å². The summed E-state index contributed by atoms with van der Waals surface area (Å²) in [7, 11) is 1.57. The topological polar surface area (TPSA) is 90.7 Å². The number of carbonyl (C=O) groups excluding carboxylic acids is 2. The van der Waals surface area contributed by atoms with Crippen LogP contribution in [0.1, 0.15) is 30.8 Å². The van der Waals surface area contributed by atoms with Gasteiger partial charge in [0.2, 0.25) is 11.8 Å². The molecular formula is C22H22N2O5. The van der Waals surface area contributed by atoms with E-state index in [0.29, 0.717) is 17.4 Å². The molecule has 0 fully saturated rings. The summed E-state index contributed by atoms with van der Waals surface area (Å²) in [5, 5.41) is 2.77. The average molecular weight is 394 g/mol. The van der Waals surface area contributed by atoms with Crippen LogP contribution >= 0.6 is 0 Å². The molecule has 1 atom stereocenters. The fourth-order valence-corrected chi connectivity index (χ4v) is 2.81. The number of amides is 1. The van der Waals surface area contributed by atoms with Gasteiger partial charge >= 0.3 is 5.97 Å². The fourth-order valence-electron chi connectivity index (χ4n) is 2.81. The van der Waals surface area contributed by atoms with E-state index in [9.17, 15) is 9.59 Å². The van der Waals surface area contributed by atoms with Crippen LogP contribution in [0.25, 0.3) is 11.3 Å². The van der Waals surface area contributed by atoms with Crippen molar-refractivity contribution in [2.45, 2.75) is 26.0 Å². The summed E-state index contributed by atoms with van der Waals surface area (Å²) in [6, 6.07) is 16.2. The third kappa shape index (κ3) is 5.68. The first kappa shape index (κ1) is 20.1. The zero-order valence-electron chi connectivity index (χ0n) is 16.3. The van der Waals surface area contributed by atoms with Crippen molar-refractivity contribution in [1.29, 1.82) is 0 Å². The van der Waals surface area contributed by atoms with E-state index in [0.717, 1.165) is 11.1 Å². The summed E-state index contributed by atoms with van der Waals surface area (Å²) in [5.74, 6) is 0.887. The molecule has 7 heteroatoms. The predicted molar refractivity (Wildman–Crippen MR) is 106 cm³/mol. The standard InChI is InChI=1S/C22H22N2O5/c1-15(25)24-19(16-8-10-18(27-2)11-9-16)12-22(26)28-14-21-23-13-20(29-21)17-6-4-3-5-7-17/h3-11,13,19H,12,14H2,1-2H3,(H,24,25). The van der Waals surface area contributed by atoms with Crippen molar-refractivity contribution in [2.75, 3.05) is 7.11 Å². The first-order chi connectivity index (χ1) is 14.0. The Bertz CT molecular complexity index is 951. The minimum atomic E-state index is -0.504. The van der Waals surface area contributed by atoms with Crippen LogP contribution in [0.15, 0.2) is 65.2 Å². The smallest absolute Gasteiger partial charge is 0.308 e. The van der Waals surface area contributed by atoms with Crippen LogP contribution in [0.3, 0.4) is 0 Å². The average Bonchev–Trinajstić information content (AvgIpc) is 3.21. The number of hydrogen-bond acceptors (Lipinski definition) is 6. The molecule has 0 aliphatic rings. The molecular weight excluding hydrogens is 372 g/mol. The molecule has 1 N–H and O–H groups in total. The predicted octanol–water partition coefficient (Wildman–Crippen LogP) is 3.66. The normalized spacial score (nSPS) is 11.5. The maximum absolute atomic E-state index is 12.3. The van der Waals surface area contributed by atoms with E-state index in [1.165, 1.54) is 6.92 Å². The number of hydrogen-bond donors (Lipinski definition) is 1. The van der Waals surface area contributed by atoms with Gasteiger partial charge in [0.05, 0.1) is 25.8 Å². The Morgan fingerprint density at radius 2 is 1.83 bits per heavy atom. The van der Waals surface area contributed by atoms with Gasteiger partial charge in [-0.25, -0.2) is 4.98 Å². The van der Waals surface area contributed by atoms with Crippen LogP contribution in [0, 0.1) is 0 Å². The molecule has 1 unspecified atom stereocenters. The first-order valence-electron chi connectivity index (χ1n) is 9.12. The van der Waals surface area contributed by atoms with Crippen LogP contribution in [-0.4, -0.2) is 24.0 Å². The third-order valence-corrected chi connectivity index (χ3v) is 4.23. The van der Waals surface area contributed by atoms with Crippen molar-refractivity contribution < 1.29 is 23.5 Å². The molecule has 1 amide bonds. The fraction of sp³-hybridized carbons (Fsp3) is 0.227. The summed E-state index contributed by atoms with van der Waals surface area (Å²) in [4.78, 5) is 28.0. The van der Waals surface area contributed by atoms with Crippen LogP contribution in [0.4, 0.5) is 0 Å². The summed E-state index contributed by atoms with van der Waals surface area (Å²) < 4.78 is 16.0. The van der Waals surface area contributed by atoms with E-state index in [2.05, 4.69) is 10.3 Å². The summed E-state index contributed by atoms with van der Waals surface area (Å²) in [6.45, 7) is 1.32. The number of ether oxygens (including phenoxy) is 2. The molecule has 0 saturated heterocycles. The maximum atomic E-state index is 12.3. The third-order valence-electron chi connectivity index (χ3n) is 4.23. The van der Waals surface area contributed by atoms with Gasteiger partial charge < -0.3 is 19.2 Å². The van der Waals surface area contributed by atoms with E-state index in [4.69, 9.17) is 13.9 Å². The molecule has 0 aliphatic heterocycles. The molecule has 2 aromatic carbocycles. The van der Waals surface area contributed by atoms with Crippen LogP contribution in [-0.2, 0) is 20.9 Å². The van der Waals surface area contributed by atoms with Gasteiger partial charge in [0.1, 0.15) is 5.75 Å². The number of carbonyl (C=O) groups is 2. The zero-order valence-corrected chi connectivity index (χ0v) is 16.3. The molecule has 29 heavy (non-hydrogen) atoms. The van der Waals surface area contributed by atoms with Gasteiger partial charge in [-0.05, 0) is 17.7 Å². The second kappa shape index (κ2) is 9.54. The summed E-state index contributed by atoms with van der Waals surface area (Å²) in [5.41, 5.74) is 1.67. The minimum Gasteiger partial charge on any atom is -0.497 e. The van der Waals surface area contributed by atoms with Crippen molar-refractivity contribution in [2.24, 2.45) is 0 Å². The molecule has 1 heterocycles. The number of nitrogens with zero attached hydrogens (tertiary/aromatic N) is 1. The molecule has 0 saturated carbocycles. The number of rotatable bonds is 8. The summed E-state index contributed by atoms with van der Waals surface area (Å²) in [6.07, 6.45) is 1.58. The quantitative estimate of drug-likeness (QED) is 0.587. The van der Waals surface area contributed by atoms with E-state index < -0.39 is 12.0 Å². The number of esters is 1. The van der Waals surface area contributed by atoms with Crippen molar-refractivity contribution in [3.8, 4) is 17.1 Å². The van der Waals surface area contributed by atoms with E-state index in [-0.39, 0.29) is 18.9 Å². The van der Waals surface area contributed by atoms with Gasteiger partial charge in [0, 0.05) is 12.5 Å². The number of oxazole rings is 1. The number of aromatic nitrogens is 1. The van der Waals surface area contributed by atoms with Crippen molar-refractivity contribution >= 4 is 11.9 Å². The van der Waals surface area contributed by atoms with Gasteiger partial charge in [-0.15, -0.1) is 0 Å². The van der Waals surface area contributed by atoms with Gasteiger partial charge in [-0.1, -0.05) is 42.5 Å². The van der Waals surface area contributed by atoms with E-state index in [1.54, 1.807) is 37.6 Å². The van der Waals surface area contributed by atoms with Crippen molar-refractivity contribution in [3.05, 3.63) is 72.2 Å². The number of methoxy groups -OCH3 is 1. The molecule has 3 aromatic rings. The molecule has 3 rings (SSSR count). The molecule has 150 valence electrons. The molecule has 0 spiro atoms. The molecule has 0 bridgehead atoms.